The lowest BCUT2D eigenvalue weighted by Gasteiger charge is -2.41. The van der Waals surface area contributed by atoms with E-state index in [1.54, 1.807) is 50.2 Å². The molecule has 15 nitrogen and oxygen atoms in total. The Balaban J connectivity index is 1.80. The first kappa shape index (κ1) is 56.2. The van der Waals surface area contributed by atoms with Gasteiger partial charge in [0, 0.05) is 34.2 Å². The van der Waals surface area contributed by atoms with Crippen LogP contribution in [-0.2, 0) is 44.6 Å². The van der Waals surface area contributed by atoms with Gasteiger partial charge >= 0.3 is 11.9 Å². The standard InChI is InChI=1S/C52H79N5O10/c1-13-35(6)47(56(9)51(63)45(33(2)3)54-50(62)46(34(4)5)55(8)29-18-22-44(59)60)42(65-10)32-43(58)57-30-17-21-41(57)48(66-11)36(7)49(61)53-40(31-38-19-15-14-16-20-38)28-25-37-23-26-39(27-24-37)52(64)67-12/h14-16,19-20,23-28,33-36,40-42,45-48H,13,17-18,21-22,29-32H2,1-12H3,(H,53,61)(H,54,62)(H,59,60)/b28-25+/t35-,36+,40+,41-,42+,45-,46-,47-,48+/m0/s1. The van der Waals surface area contributed by atoms with Crippen LogP contribution in [-0.4, -0.2) is 146 Å². The van der Waals surface area contributed by atoms with Crippen LogP contribution in [0.2, 0.25) is 0 Å². The number of carbonyl (C=O) groups is 6. The molecule has 15 heteroatoms. The van der Waals surface area contributed by atoms with Gasteiger partial charge in [-0.3, -0.25) is 28.9 Å². The number of methoxy groups -OCH3 is 3. The van der Waals surface area contributed by atoms with Crippen LogP contribution in [0.3, 0.4) is 0 Å². The van der Waals surface area contributed by atoms with E-state index in [4.69, 9.17) is 19.3 Å². The Kier molecular flexibility index (Phi) is 23.2. The predicted octanol–water partition coefficient (Wildman–Crippen LogP) is 6.10. The molecule has 372 valence electrons. The number of ether oxygens (including phenoxy) is 3. The predicted molar refractivity (Wildman–Crippen MR) is 260 cm³/mol. The molecule has 67 heavy (non-hydrogen) atoms. The van der Waals surface area contributed by atoms with E-state index in [2.05, 4.69) is 10.6 Å². The number of likely N-dealkylation sites (tertiary alicyclic amines) is 1. The van der Waals surface area contributed by atoms with Crippen LogP contribution < -0.4 is 10.6 Å². The molecule has 1 aliphatic rings. The molecule has 1 aliphatic heterocycles. The van der Waals surface area contributed by atoms with E-state index in [1.165, 1.54) is 7.11 Å². The van der Waals surface area contributed by atoms with Crippen LogP contribution in [0.5, 0.6) is 0 Å². The van der Waals surface area contributed by atoms with Gasteiger partial charge in [0.2, 0.25) is 23.6 Å². The molecule has 0 bridgehead atoms. The monoisotopic (exact) mass is 934 g/mol. The van der Waals surface area contributed by atoms with E-state index in [1.807, 2.05) is 108 Å². The van der Waals surface area contributed by atoms with Crippen LogP contribution in [0.25, 0.3) is 6.08 Å². The largest absolute Gasteiger partial charge is 0.481 e. The van der Waals surface area contributed by atoms with Crippen molar-refractivity contribution in [2.45, 2.75) is 136 Å². The molecule has 0 unspecified atom stereocenters. The van der Waals surface area contributed by atoms with Gasteiger partial charge in [0.25, 0.3) is 0 Å². The highest BCUT2D eigenvalue weighted by Crippen LogP contribution is 2.30. The average molecular weight is 934 g/mol. The summed E-state index contributed by atoms with van der Waals surface area (Å²) in [7, 11) is 7.95. The Morgan fingerprint density at radius 1 is 0.866 bits per heavy atom. The molecule has 9 atom stereocenters. The molecule has 3 rings (SSSR count). The molecule has 2 aromatic carbocycles. The first-order chi connectivity index (χ1) is 31.8. The summed E-state index contributed by atoms with van der Waals surface area (Å²) in [5.74, 6) is -3.40. The van der Waals surface area contributed by atoms with Crippen molar-refractivity contribution >= 4 is 41.6 Å². The molecule has 1 saturated heterocycles. The van der Waals surface area contributed by atoms with E-state index in [0.717, 1.165) is 17.5 Å². The summed E-state index contributed by atoms with van der Waals surface area (Å²) in [5, 5.41) is 15.4. The van der Waals surface area contributed by atoms with Gasteiger partial charge < -0.3 is 39.8 Å². The molecular formula is C52H79N5O10. The van der Waals surface area contributed by atoms with Gasteiger partial charge in [-0.25, -0.2) is 4.79 Å². The normalized spacial score (nSPS) is 17.7. The summed E-state index contributed by atoms with van der Waals surface area (Å²) < 4.78 is 17.0. The smallest absolute Gasteiger partial charge is 0.337 e. The molecule has 0 spiro atoms. The minimum absolute atomic E-state index is 0.00886. The second kappa shape index (κ2) is 27.6. The number of esters is 1. The number of aliphatic carboxylic acids is 1. The van der Waals surface area contributed by atoms with Gasteiger partial charge in [-0.05, 0) is 80.3 Å². The zero-order valence-corrected chi connectivity index (χ0v) is 42.0. The van der Waals surface area contributed by atoms with E-state index in [-0.39, 0.29) is 66.3 Å². The van der Waals surface area contributed by atoms with Crippen LogP contribution in [0.4, 0.5) is 0 Å². The van der Waals surface area contributed by atoms with Gasteiger partial charge in [-0.2, -0.15) is 0 Å². The van der Waals surface area contributed by atoms with Crippen molar-refractivity contribution in [1.29, 1.82) is 0 Å². The SMILES string of the molecule is CC[C@H](C)[C@@H]([C@@H](CC(=O)N1CCC[C@H]1[C@H](OC)[C@@H](C)C(=O)N[C@H](/C=C/c1ccc(C(=O)OC)cc1)Cc1ccccc1)OC)N(C)C(=O)[C@@H](NC(=O)[C@H](C(C)C)N(C)CCCC(=O)O)C(C)C. The number of nitrogens with one attached hydrogen (secondary N) is 2. The molecule has 0 aromatic heterocycles. The summed E-state index contributed by atoms with van der Waals surface area (Å²) in [6.07, 6.45) is 5.50. The quantitative estimate of drug-likeness (QED) is 0.0881. The molecular weight excluding hydrogens is 855 g/mol. The Hall–Kier alpha value is -5.12. The Bertz CT molecular complexity index is 1920. The molecule has 1 fully saturated rings. The van der Waals surface area contributed by atoms with Crippen molar-refractivity contribution in [2.24, 2.45) is 23.7 Å². The molecule has 0 aliphatic carbocycles. The molecule has 2 aromatic rings. The van der Waals surface area contributed by atoms with E-state index < -0.39 is 48.2 Å². The number of carboxylic acid groups (broad SMARTS) is 1. The molecule has 1 heterocycles. The van der Waals surface area contributed by atoms with Gasteiger partial charge in [-0.15, -0.1) is 0 Å². The topological polar surface area (TPSA) is 184 Å². The summed E-state index contributed by atoms with van der Waals surface area (Å²) in [4.78, 5) is 85.4. The van der Waals surface area contributed by atoms with Crippen molar-refractivity contribution in [1.82, 2.24) is 25.3 Å². The lowest BCUT2D eigenvalue weighted by Crippen LogP contribution is -2.60. The fourth-order valence-corrected chi connectivity index (χ4v) is 9.33. The molecule has 4 amide bonds. The fourth-order valence-electron chi connectivity index (χ4n) is 9.33. The van der Waals surface area contributed by atoms with Gasteiger partial charge in [0.05, 0.1) is 61.4 Å². The summed E-state index contributed by atoms with van der Waals surface area (Å²) in [6.45, 7) is 14.4. The van der Waals surface area contributed by atoms with Crippen LogP contribution in [0, 0.1) is 23.7 Å². The maximum absolute atomic E-state index is 14.5. The molecule has 0 radical (unpaired) electrons. The fraction of sp³-hybridized carbons (Fsp3) is 0.615. The summed E-state index contributed by atoms with van der Waals surface area (Å²) in [5.41, 5.74) is 2.33. The highest BCUT2D eigenvalue weighted by molar-refractivity contribution is 5.91. The first-order valence-electron chi connectivity index (χ1n) is 23.8. The number of amides is 4. The third-order valence-electron chi connectivity index (χ3n) is 13.2. The third-order valence-corrected chi connectivity index (χ3v) is 13.2. The van der Waals surface area contributed by atoms with Gasteiger partial charge in [0.15, 0.2) is 0 Å². The number of rotatable bonds is 27. The Morgan fingerprint density at radius 3 is 2.07 bits per heavy atom. The Morgan fingerprint density at radius 2 is 1.52 bits per heavy atom. The maximum atomic E-state index is 14.5. The first-order valence-corrected chi connectivity index (χ1v) is 23.8. The lowest BCUT2D eigenvalue weighted by atomic mass is 9.89. The number of nitrogens with zero attached hydrogens (tertiary/aromatic N) is 3. The number of likely N-dealkylation sites (N-methyl/N-ethyl adjacent to an activating group) is 2. The minimum atomic E-state index is -0.897. The number of benzene rings is 2. The van der Waals surface area contributed by atoms with Crippen molar-refractivity contribution in [3.63, 3.8) is 0 Å². The van der Waals surface area contributed by atoms with Crippen LogP contribution >= 0.6 is 0 Å². The van der Waals surface area contributed by atoms with Crippen LogP contribution in [0.15, 0.2) is 60.7 Å². The summed E-state index contributed by atoms with van der Waals surface area (Å²) in [6, 6.07) is 14.1. The van der Waals surface area contributed by atoms with Gasteiger partial charge in [0.1, 0.15) is 6.04 Å². The summed E-state index contributed by atoms with van der Waals surface area (Å²) >= 11 is 0. The highest BCUT2D eigenvalue weighted by Gasteiger charge is 2.43. The van der Waals surface area contributed by atoms with Crippen molar-refractivity contribution in [2.75, 3.05) is 48.5 Å². The third kappa shape index (κ3) is 16.3. The number of hydrogen-bond acceptors (Lipinski definition) is 10. The van der Waals surface area contributed by atoms with Crippen LogP contribution in [0.1, 0.15) is 108 Å². The maximum Gasteiger partial charge on any atom is 0.337 e. The van der Waals surface area contributed by atoms with Crippen molar-refractivity contribution < 1.29 is 48.1 Å². The molecule has 0 saturated carbocycles. The van der Waals surface area contributed by atoms with E-state index >= 15 is 0 Å². The zero-order valence-electron chi connectivity index (χ0n) is 42.0. The average Bonchev–Trinajstić information content (AvgIpc) is 3.79. The zero-order chi connectivity index (χ0) is 50.0. The number of carboxylic acids is 1. The second-order valence-electron chi connectivity index (χ2n) is 18.8. The molecule has 3 N–H and O–H groups in total. The van der Waals surface area contributed by atoms with Crippen molar-refractivity contribution in [3.05, 3.63) is 77.4 Å². The lowest BCUT2D eigenvalue weighted by molar-refractivity contribution is -0.148. The van der Waals surface area contributed by atoms with E-state index in [0.29, 0.717) is 44.3 Å². The highest BCUT2D eigenvalue weighted by atomic mass is 16.5. The second-order valence-corrected chi connectivity index (χ2v) is 18.8. The Labute approximate surface area is 399 Å². The van der Waals surface area contributed by atoms with E-state index in [9.17, 15) is 28.8 Å². The number of hydrogen-bond donors (Lipinski definition) is 3. The van der Waals surface area contributed by atoms with Crippen molar-refractivity contribution in [3.8, 4) is 0 Å². The number of carbonyl (C=O) groups excluding carboxylic acids is 5. The minimum Gasteiger partial charge on any atom is -0.481 e. The van der Waals surface area contributed by atoms with Gasteiger partial charge in [-0.1, -0.05) is 110 Å².